The van der Waals surface area contributed by atoms with E-state index in [1.165, 1.54) is 66.1 Å². The van der Waals surface area contributed by atoms with Crippen molar-refractivity contribution in [3.8, 4) is 33.4 Å². The van der Waals surface area contributed by atoms with E-state index < -0.39 is 8.07 Å². The zero-order valence-electron chi connectivity index (χ0n) is 25.4. The molecule has 1 atom stereocenters. The van der Waals surface area contributed by atoms with Crippen LogP contribution in [0.15, 0.2) is 139 Å². The molecule has 6 aromatic carbocycles. The first-order valence-electron chi connectivity index (χ1n) is 15.5. The van der Waals surface area contributed by atoms with Gasteiger partial charge in [-0.1, -0.05) is 153 Å². The molecule has 0 N–H and O–H groups in total. The number of rotatable bonds is 3. The molecule has 0 fully saturated rings. The van der Waals surface area contributed by atoms with E-state index in [1.54, 1.807) is 10.4 Å². The van der Waals surface area contributed by atoms with E-state index in [-0.39, 0.29) is 5.41 Å². The summed E-state index contributed by atoms with van der Waals surface area (Å²) in [5.74, 6) is 0. The summed E-state index contributed by atoms with van der Waals surface area (Å²) in [7, 11) is -1.86. The first-order chi connectivity index (χ1) is 20.9. The molecule has 0 saturated carbocycles. The third-order valence-electron chi connectivity index (χ3n) is 10.1. The molecule has 0 saturated heterocycles. The second-order valence-corrected chi connectivity index (χ2v) is 17.6. The van der Waals surface area contributed by atoms with Crippen molar-refractivity contribution in [2.24, 2.45) is 0 Å². The van der Waals surface area contributed by atoms with E-state index in [1.807, 2.05) is 0 Å². The van der Waals surface area contributed by atoms with Crippen LogP contribution in [0.25, 0.3) is 54.9 Å². The molecule has 0 nitrogen and oxygen atoms in total. The van der Waals surface area contributed by atoms with Crippen LogP contribution >= 0.6 is 0 Å². The van der Waals surface area contributed by atoms with Crippen molar-refractivity contribution < 1.29 is 0 Å². The Morgan fingerprint density at radius 3 is 1.98 bits per heavy atom. The summed E-state index contributed by atoms with van der Waals surface area (Å²) in [6, 6.07) is 43.4. The van der Waals surface area contributed by atoms with Gasteiger partial charge >= 0.3 is 0 Å². The van der Waals surface area contributed by atoms with E-state index >= 15 is 0 Å². The SMILES string of the molecule is CC1=CCC(C)(c2c3ccccc3c(-c3ccccc3-c3ccccc3)c3cc4c(cc23)[Si](C)(C)c2ccccc2-4)C=C1. The van der Waals surface area contributed by atoms with Gasteiger partial charge in [-0.05, 0) is 90.3 Å². The molecular weight excluding hydrogens is 533 g/mol. The van der Waals surface area contributed by atoms with Crippen molar-refractivity contribution in [3.63, 3.8) is 0 Å². The highest BCUT2D eigenvalue weighted by molar-refractivity contribution is 7.04. The summed E-state index contributed by atoms with van der Waals surface area (Å²) >= 11 is 0. The van der Waals surface area contributed by atoms with Crippen LogP contribution in [-0.4, -0.2) is 8.07 Å². The van der Waals surface area contributed by atoms with Crippen molar-refractivity contribution in [1.82, 2.24) is 0 Å². The van der Waals surface area contributed by atoms with Crippen LogP contribution < -0.4 is 10.4 Å². The molecule has 6 aromatic rings. The van der Waals surface area contributed by atoms with E-state index in [0.717, 1.165) is 6.42 Å². The summed E-state index contributed by atoms with van der Waals surface area (Å²) in [6.07, 6.45) is 8.21. The zero-order valence-corrected chi connectivity index (χ0v) is 26.4. The second-order valence-electron chi connectivity index (χ2n) is 13.2. The Hall–Kier alpha value is -4.46. The van der Waals surface area contributed by atoms with Crippen molar-refractivity contribution in [2.45, 2.75) is 38.8 Å². The lowest BCUT2D eigenvalue weighted by atomic mass is 9.71. The highest BCUT2D eigenvalue weighted by Gasteiger charge is 2.39. The van der Waals surface area contributed by atoms with Crippen LogP contribution in [0, 0.1) is 0 Å². The number of hydrogen-bond acceptors (Lipinski definition) is 0. The molecule has 208 valence electrons. The highest BCUT2D eigenvalue weighted by Crippen LogP contribution is 2.49. The molecular formula is C42H36Si. The maximum Gasteiger partial charge on any atom is 0.113 e. The Morgan fingerprint density at radius 2 is 1.23 bits per heavy atom. The Balaban J connectivity index is 1.57. The normalized spacial score (nSPS) is 18.5. The number of hydrogen-bond donors (Lipinski definition) is 0. The predicted molar refractivity (Wildman–Crippen MR) is 189 cm³/mol. The van der Waals surface area contributed by atoms with Crippen LogP contribution in [0.1, 0.15) is 25.8 Å². The molecule has 43 heavy (non-hydrogen) atoms. The zero-order chi connectivity index (χ0) is 29.3. The smallest absolute Gasteiger partial charge is 0.0804 e. The summed E-state index contributed by atoms with van der Waals surface area (Å²) in [4.78, 5) is 0. The van der Waals surface area contributed by atoms with E-state index in [2.05, 4.69) is 160 Å². The molecule has 0 aromatic heterocycles. The molecule has 1 heteroatoms. The van der Waals surface area contributed by atoms with E-state index in [0.29, 0.717) is 0 Å². The van der Waals surface area contributed by atoms with Gasteiger partial charge in [-0.3, -0.25) is 0 Å². The van der Waals surface area contributed by atoms with Gasteiger partial charge in [0.2, 0.25) is 0 Å². The minimum Gasteiger partial charge on any atom is -0.0804 e. The fraction of sp³-hybridized carbons (Fsp3) is 0.143. The van der Waals surface area contributed by atoms with E-state index in [4.69, 9.17) is 0 Å². The van der Waals surface area contributed by atoms with Crippen LogP contribution in [-0.2, 0) is 5.41 Å². The van der Waals surface area contributed by atoms with Crippen molar-refractivity contribution in [1.29, 1.82) is 0 Å². The molecule has 1 unspecified atom stereocenters. The predicted octanol–water partition coefficient (Wildman–Crippen LogP) is 10.3. The van der Waals surface area contributed by atoms with Gasteiger partial charge in [-0.25, -0.2) is 0 Å². The van der Waals surface area contributed by atoms with Gasteiger partial charge in [0.15, 0.2) is 0 Å². The number of benzene rings is 6. The van der Waals surface area contributed by atoms with Crippen LogP contribution in [0.2, 0.25) is 13.1 Å². The van der Waals surface area contributed by atoms with Gasteiger partial charge in [-0.2, -0.15) is 0 Å². The number of fused-ring (bicyclic) bond motifs is 5. The lowest BCUT2D eigenvalue weighted by Gasteiger charge is -2.33. The van der Waals surface area contributed by atoms with Crippen LogP contribution in [0.4, 0.5) is 0 Å². The molecule has 0 amide bonds. The van der Waals surface area contributed by atoms with Gasteiger partial charge in [0.05, 0.1) is 0 Å². The molecule has 1 heterocycles. The molecule has 0 bridgehead atoms. The van der Waals surface area contributed by atoms with Crippen molar-refractivity contribution in [2.75, 3.05) is 0 Å². The lowest BCUT2D eigenvalue weighted by Crippen LogP contribution is -2.49. The number of allylic oxidation sites excluding steroid dienone is 4. The highest BCUT2D eigenvalue weighted by atomic mass is 28.3. The fourth-order valence-electron chi connectivity index (χ4n) is 7.86. The first kappa shape index (κ1) is 26.2. The second kappa shape index (κ2) is 9.52. The lowest BCUT2D eigenvalue weighted by molar-refractivity contribution is 0.607. The van der Waals surface area contributed by atoms with Crippen LogP contribution in [0.5, 0.6) is 0 Å². The molecule has 1 aliphatic heterocycles. The monoisotopic (exact) mass is 568 g/mol. The minimum atomic E-state index is -1.86. The van der Waals surface area contributed by atoms with Gasteiger partial charge in [0.25, 0.3) is 0 Å². The van der Waals surface area contributed by atoms with Gasteiger partial charge in [0.1, 0.15) is 8.07 Å². The average Bonchev–Trinajstić information content (AvgIpc) is 3.26. The average molecular weight is 569 g/mol. The summed E-state index contributed by atoms with van der Waals surface area (Å²) in [6.45, 7) is 9.72. The van der Waals surface area contributed by atoms with Crippen molar-refractivity contribution >= 4 is 40.0 Å². The molecule has 8 rings (SSSR count). The molecule has 0 spiro atoms. The third kappa shape index (κ3) is 3.88. The Morgan fingerprint density at radius 1 is 0.581 bits per heavy atom. The quantitative estimate of drug-likeness (QED) is 0.147. The molecule has 0 radical (unpaired) electrons. The van der Waals surface area contributed by atoms with Gasteiger partial charge in [-0.15, -0.1) is 0 Å². The minimum absolute atomic E-state index is 0.0970. The molecule has 2 aliphatic rings. The Kier molecular flexibility index (Phi) is 5.80. The van der Waals surface area contributed by atoms with Crippen molar-refractivity contribution in [3.05, 3.63) is 145 Å². The Bertz CT molecular complexity index is 2140. The maximum atomic E-state index is 2.62. The molecule has 1 aliphatic carbocycles. The van der Waals surface area contributed by atoms with Gasteiger partial charge < -0.3 is 0 Å². The van der Waals surface area contributed by atoms with Crippen LogP contribution in [0.3, 0.4) is 0 Å². The Labute approximate surface area is 256 Å². The topological polar surface area (TPSA) is 0 Å². The standard InChI is InChI=1S/C42H36Si/c1-28-22-24-42(2,25-23-28)41-34-20-11-10-19-33(34)40(32-18-9-8-16-30(32)29-14-6-5-7-15-29)36-26-35-31-17-12-13-21-38(31)43(3,4)39(35)27-37(36)41/h5-24,26-27H,25H2,1-4H3. The first-order valence-corrected chi connectivity index (χ1v) is 18.5. The summed E-state index contributed by atoms with van der Waals surface area (Å²) < 4.78 is 0. The fourth-order valence-corrected chi connectivity index (χ4v) is 10.9. The third-order valence-corrected chi connectivity index (χ3v) is 13.7. The summed E-state index contributed by atoms with van der Waals surface area (Å²) in [5.41, 5.74) is 10.7. The summed E-state index contributed by atoms with van der Waals surface area (Å²) in [5, 5.41) is 8.58. The maximum absolute atomic E-state index is 2.62. The van der Waals surface area contributed by atoms with E-state index in [9.17, 15) is 0 Å². The van der Waals surface area contributed by atoms with Gasteiger partial charge in [0, 0.05) is 5.41 Å². The largest absolute Gasteiger partial charge is 0.113 e.